The predicted octanol–water partition coefficient (Wildman–Crippen LogP) is 7.72. The molecule has 0 N–H and O–H groups in total. The molecule has 3 heteroatoms. The van der Waals surface area contributed by atoms with Crippen LogP contribution in [0.25, 0.3) is 41.7 Å². The standard InChI is InChI=1S/C25H19ClOS/c1-2-3-4-15-5-6-16-10-19-13-24-21(12-18(19)11-17(16)9-15)25(27)22-14-20(26)7-8-23(22)28-24/h5-14H,2-4H2,1H3. The summed E-state index contributed by atoms with van der Waals surface area (Å²) in [6.07, 6.45) is 3.52. The van der Waals surface area contributed by atoms with E-state index in [0.717, 1.165) is 26.6 Å². The minimum atomic E-state index is 0.0601. The highest BCUT2D eigenvalue weighted by Crippen LogP contribution is 2.32. The molecule has 0 aliphatic heterocycles. The van der Waals surface area contributed by atoms with E-state index in [2.05, 4.69) is 43.3 Å². The first-order valence-electron chi connectivity index (χ1n) is 9.65. The molecule has 0 fully saturated rings. The van der Waals surface area contributed by atoms with E-state index in [1.807, 2.05) is 18.2 Å². The van der Waals surface area contributed by atoms with Crippen LogP contribution in [-0.2, 0) is 6.42 Å². The summed E-state index contributed by atoms with van der Waals surface area (Å²) in [6.45, 7) is 2.22. The Morgan fingerprint density at radius 2 is 1.54 bits per heavy atom. The van der Waals surface area contributed by atoms with Crippen molar-refractivity contribution in [2.24, 2.45) is 0 Å². The zero-order valence-corrected chi connectivity index (χ0v) is 17.2. The molecule has 5 aromatic rings. The van der Waals surface area contributed by atoms with Crippen LogP contribution in [0.15, 0.2) is 65.5 Å². The zero-order chi connectivity index (χ0) is 19.3. The van der Waals surface area contributed by atoms with Crippen LogP contribution in [0, 0.1) is 0 Å². The number of aryl methyl sites for hydroxylation is 1. The number of benzene rings is 4. The van der Waals surface area contributed by atoms with Crippen molar-refractivity contribution in [3.63, 3.8) is 0 Å². The number of unbranched alkanes of at least 4 members (excludes halogenated alkanes) is 1. The van der Waals surface area contributed by atoms with Crippen LogP contribution in [0.2, 0.25) is 5.02 Å². The normalized spacial score (nSPS) is 11.8. The van der Waals surface area contributed by atoms with E-state index < -0.39 is 0 Å². The van der Waals surface area contributed by atoms with Crippen LogP contribution in [0.5, 0.6) is 0 Å². The molecule has 138 valence electrons. The van der Waals surface area contributed by atoms with Gasteiger partial charge in [0.15, 0.2) is 5.43 Å². The van der Waals surface area contributed by atoms with Gasteiger partial charge in [0.2, 0.25) is 0 Å². The molecule has 0 spiro atoms. The minimum absolute atomic E-state index is 0.0601. The van der Waals surface area contributed by atoms with Gasteiger partial charge >= 0.3 is 0 Å². The number of hydrogen-bond donors (Lipinski definition) is 0. The average molecular weight is 403 g/mol. The Hall–Kier alpha value is -2.42. The first kappa shape index (κ1) is 17.7. The van der Waals surface area contributed by atoms with Gasteiger partial charge in [0.1, 0.15) is 0 Å². The number of hydrogen-bond acceptors (Lipinski definition) is 2. The topological polar surface area (TPSA) is 17.1 Å². The maximum Gasteiger partial charge on any atom is 0.195 e. The van der Waals surface area contributed by atoms with Gasteiger partial charge in [0.25, 0.3) is 0 Å². The summed E-state index contributed by atoms with van der Waals surface area (Å²) in [6, 6.07) is 20.9. The molecule has 0 aliphatic rings. The molecule has 0 aliphatic carbocycles. The summed E-state index contributed by atoms with van der Waals surface area (Å²) in [7, 11) is 0. The second-order valence-corrected chi connectivity index (χ2v) is 8.92. The summed E-state index contributed by atoms with van der Waals surface area (Å²) < 4.78 is 1.99. The third-order valence-corrected chi connectivity index (χ3v) is 6.80. The Morgan fingerprint density at radius 1 is 0.786 bits per heavy atom. The third kappa shape index (κ3) is 2.97. The zero-order valence-electron chi connectivity index (χ0n) is 15.6. The van der Waals surface area contributed by atoms with Crippen LogP contribution in [0.4, 0.5) is 0 Å². The molecule has 0 saturated heterocycles. The van der Waals surface area contributed by atoms with Gasteiger partial charge in [-0.3, -0.25) is 4.79 Å². The van der Waals surface area contributed by atoms with Crippen molar-refractivity contribution in [3.05, 3.63) is 81.5 Å². The van der Waals surface area contributed by atoms with Gasteiger partial charge in [-0.05, 0) is 82.4 Å². The molecule has 1 nitrogen and oxygen atoms in total. The Labute approximate surface area is 172 Å². The highest BCUT2D eigenvalue weighted by Gasteiger charge is 2.09. The van der Waals surface area contributed by atoms with Crippen LogP contribution >= 0.6 is 22.9 Å². The van der Waals surface area contributed by atoms with Crippen molar-refractivity contribution in [1.29, 1.82) is 0 Å². The van der Waals surface area contributed by atoms with Crippen molar-refractivity contribution in [3.8, 4) is 0 Å². The highest BCUT2D eigenvalue weighted by atomic mass is 35.5. The SMILES string of the molecule is CCCCc1ccc2cc3cc4sc5ccc(Cl)cc5c(=O)c4cc3cc2c1. The van der Waals surface area contributed by atoms with Crippen LogP contribution in [-0.4, -0.2) is 0 Å². The fraction of sp³-hybridized carbons (Fsp3) is 0.160. The maximum atomic E-state index is 13.1. The summed E-state index contributed by atoms with van der Waals surface area (Å²) >= 11 is 7.77. The lowest BCUT2D eigenvalue weighted by atomic mass is 9.99. The molecule has 4 aromatic carbocycles. The molecule has 0 bridgehead atoms. The fourth-order valence-corrected chi connectivity index (χ4v) is 5.16. The summed E-state index contributed by atoms with van der Waals surface area (Å²) in [5, 5.41) is 6.83. The van der Waals surface area contributed by atoms with E-state index in [4.69, 9.17) is 11.6 Å². The lowest BCUT2D eigenvalue weighted by molar-refractivity contribution is 0.796. The minimum Gasteiger partial charge on any atom is -0.289 e. The summed E-state index contributed by atoms with van der Waals surface area (Å²) in [5.41, 5.74) is 1.44. The molecule has 0 saturated carbocycles. The van der Waals surface area contributed by atoms with Gasteiger partial charge in [0.05, 0.1) is 0 Å². The molecule has 0 radical (unpaired) electrons. The quantitative estimate of drug-likeness (QED) is 0.282. The Bertz CT molecular complexity index is 1430. The fourth-order valence-electron chi connectivity index (χ4n) is 3.91. The second kappa shape index (κ2) is 6.88. The van der Waals surface area contributed by atoms with Gasteiger partial charge < -0.3 is 0 Å². The summed E-state index contributed by atoms with van der Waals surface area (Å²) in [5.74, 6) is 0. The van der Waals surface area contributed by atoms with Gasteiger partial charge in [-0.2, -0.15) is 0 Å². The summed E-state index contributed by atoms with van der Waals surface area (Å²) in [4.78, 5) is 13.1. The molecule has 28 heavy (non-hydrogen) atoms. The van der Waals surface area contributed by atoms with Crippen molar-refractivity contribution in [1.82, 2.24) is 0 Å². The molecule has 1 heterocycles. The third-order valence-electron chi connectivity index (χ3n) is 5.43. The number of halogens is 1. The van der Waals surface area contributed by atoms with Crippen LogP contribution in [0.1, 0.15) is 25.3 Å². The molecule has 0 atom stereocenters. The van der Waals surface area contributed by atoms with Crippen molar-refractivity contribution in [2.45, 2.75) is 26.2 Å². The van der Waals surface area contributed by atoms with E-state index in [-0.39, 0.29) is 5.43 Å². The molecular weight excluding hydrogens is 384 g/mol. The molecular formula is C25H19ClOS. The van der Waals surface area contributed by atoms with Crippen molar-refractivity contribution in [2.75, 3.05) is 0 Å². The lowest BCUT2D eigenvalue weighted by Crippen LogP contribution is -2.00. The Kier molecular flexibility index (Phi) is 4.34. The highest BCUT2D eigenvalue weighted by molar-refractivity contribution is 7.24. The van der Waals surface area contributed by atoms with E-state index >= 15 is 0 Å². The Balaban J connectivity index is 1.78. The van der Waals surface area contributed by atoms with E-state index in [9.17, 15) is 4.79 Å². The second-order valence-electron chi connectivity index (χ2n) is 7.40. The smallest absolute Gasteiger partial charge is 0.195 e. The molecule has 5 rings (SSSR count). The average Bonchev–Trinajstić information content (AvgIpc) is 2.70. The van der Waals surface area contributed by atoms with Gasteiger partial charge in [-0.1, -0.05) is 43.1 Å². The van der Waals surface area contributed by atoms with Crippen molar-refractivity contribution < 1.29 is 0 Å². The van der Waals surface area contributed by atoms with Crippen molar-refractivity contribution >= 4 is 64.7 Å². The molecule has 0 unspecified atom stereocenters. The number of rotatable bonds is 3. The van der Waals surface area contributed by atoms with Gasteiger partial charge in [-0.15, -0.1) is 11.3 Å². The van der Waals surface area contributed by atoms with E-state index in [1.165, 1.54) is 34.6 Å². The van der Waals surface area contributed by atoms with Gasteiger partial charge in [-0.25, -0.2) is 0 Å². The van der Waals surface area contributed by atoms with Gasteiger partial charge in [0, 0.05) is 25.2 Å². The van der Waals surface area contributed by atoms with Crippen LogP contribution < -0.4 is 5.43 Å². The largest absolute Gasteiger partial charge is 0.289 e. The first-order chi connectivity index (χ1) is 13.6. The number of fused-ring (bicyclic) bond motifs is 4. The van der Waals surface area contributed by atoms with E-state index in [0.29, 0.717) is 10.4 Å². The first-order valence-corrected chi connectivity index (χ1v) is 10.8. The predicted molar refractivity (Wildman–Crippen MR) is 124 cm³/mol. The maximum absolute atomic E-state index is 13.1. The molecule has 1 aromatic heterocycles. The van der Waals surface area contributed by atoms with E-state index in [1.54, 1.807) is 17.4 Å². The molecule has 0 amide bonds. The van der Waals surface area contributed by atoms with Crippen LogP contribution in [0.3, 0.4) is 0 Å². The lowest BCUT2D eigenvalue weighted by Gasteiger charge is -2.08. The monoisotopic (exact) mass is 402 g/mol. The Morgan fingerprint density at radius 3 is 2.39 bits per heavy atom.